The molecule has 0 saturated carbocycles. The van der Waals surface area contributed by atoms with Gasteiger partial charge in [0.05, 0.1) is 5.52 Å². The van der Waals surface area contributed by atoms with Crippen molar-refractivity contribution in [3.05, 3.63) is 41.6 Å². The summed E-state index contributed by atoms with van der Waals surface area (Å²) in [6.07, 6.45) is 0.369. The first kappa shape index (κ1) is 12.5. The largest absolute Gasteiger partial charge is 0.370 e. The summed E-state index contributed by atoms with van der Waals surface area (Å²) in [5.41, 5.74) is 8.28. The Bertz CT molecular complexity index is 566. The molecule has 18 heavy (non-hydrogen) atoms. The molecule has 3 N–H and O–H groups in total. The second-order valence-electron chi connectivity index (χ2n) is 4.37. The van der Waals surface area contributed by atoms with Crippen LogP contribution < -0.4 is 11.1 Å². The molecule has 1 aromatic carbocycles. The summed E-state index contributed by atoms with van der Waals surface area (Å²) >= 11 is 0. The molecular formula is C14H17N3O. The maximum Gasteiger partial charge on any atom is 0.218 e. The highest BCUT2D eigenvalue weighted by molar-refractivity contribution is 5.79. The third-order valence-electron chi connectivity index (χ3n) is 2.77. The summed E-state index contributed by atoms with van der Waals surface area (Å²) in [5.74, 6) is -0.277. The number of carbonyl (C=O) groups is 1. The predicted molar refractivity (Wildman–Crippen MR) is 72.0 cm³/mol. The number of rotatable bonds is 5. The van der Waals surface area contributed by atoms with Crippen LogP contribution in [0, 0.1) is 6.92 Å². The minimum atomic E-state index is -0.277. The number of nitrogens with zero attached hydrogens (tertiary/aromatic N) is 1. The first-order chi connectivity index (χ1) is 8.65. The Kier molecular flexibility index (Phi) is 3.89. The van der Waals surface area contributed by atoms with Crippen molar-refractivity contribution in [1.82, 2.24) is 10.3 Å². The van der Waals surface area contributed by atoms with Gasteiger partial charge in [-0.05, 0) is 30.7 Å². The molecule has 0 atom stereocenters. The fraction of sp³-hybridized carbons (Fsp3) is 0.286. The average molecular weight is 243 g/mol. The summed E-state index contributed by atoms with van der Waals surface area (Å²) in [6.45, 7) is 3.33. The van der Waals surface area contributed by atoms with Crippen molar-refractivity contribution < 1.29 is 4.79 Å². The lowest BCUT2D eigenvalue weighted by Gasteiger charge is -2.05. The second-order valence-corrected chi connectivity index (χ2v) is 4.37. The zero-order chi connectivity index (χ0) is 13.0. The SMILES string of the molecule is Cc1ccc2cc(CNCCC(N)=O)ccc2n1. The zero-order valence-electron chi connectivity index (χ0n) is 10.4. The number of benzene rings is 1. The third kappa shape index (κ3) is 3.28. The number of carbonyl (C=O) groups excluding carboxylic acids is 1. The van der Waals surface area contributed by atoms with Crippen molar-refractivity contribution in [2.45, 2.75) is 19.9 Å². The Balaban J connectivity index is 2.01. The molecule has 0 aliphatic carbocycles. The number of nitrogens with one attached hydrogen (secondary N) is 1. The van der Waals surface area contributed by atoms with Gasteiger partial charge in [-0.3, -0.25) is 9.78 Å². The van der Waals surface area contributed by atoms with E-state index < -0.39 is 0 Å². The van der Waals surface area contributed by atoms with Crippen LogP contribution in [0.5, 0.6) is 0 Å². The van der Waals surface area contributed by atoms with Crippen molar-refractivity contribution >= 4 is 16.8 Å². The van der Waals surface area contributed by atoms with Gasteiger partial charge >= 0.3 is 0 Å². The van der Waals surface area contributed by atoms with Crippen LogP contribution >= 0.6 is 0 Å². The maximum absolute atomic E-state index is 10.6. The molecule has 2 aromatic rings. The molecule has 4 heteroatoms. The lowest BCUT2D eigenvalue weighted by atomic mass is 10.1. The van der Waals surface area contributed by atoms with E-state index in [0.29, 0.717) is 13.0 Å². The van der Waals surface area contributed by atoms with Gasteiger partial charge in [-0.15, -0.1) is 0 Å². The van der Waals surface area contributed by atoms with Gasteiger partial charge in [-0.25, -0.2) is 0 Å². The average Bonchev–Trinajstić information content (AvgIpc) is 2.34. The van der Waals surface area contributed by atoms with Gasteiger partial charge < -0.3 is 11.1 Å². The van der Waals surface area contributed by atoms with Crippen LogP contribution in [0.3, 0.4) is 0 Å². The van der Waals surface area contributed by atoms with Gasteiger partial charge in [0.25, 0.3) is 0 Å². The highest BCUT2D eigenvalue weighted by atomic mass is 16.1. The van der Waals surface area contributed by atoms with E-state index in [2.05, 4.69) is 22.4 Å². The summed E-state index contributed by atoms with van der Waals surface area (Å²) in [6, 6.07) is 10.3. The topological polar surface area (TPSA) is 68.0 Å². The normalized spacial score (nSPS) is 10.7. The second kappa shape index (κ2) is 5.60. The molecule has 0 saturated heterocycles. The molecule has 0 fully saturated rings. The number of amides is 1. The molecule has 4 nitrogen and oxygen atoms in total. The molecular weight excluding hydrogens is 226 g/mol. The highest BCUT2D eigenvalue weighted by Gasteiger charge is 1.99. The molecule has 1 aromatic heterocycles. The molecule has 94 valence electrons. The Morgan fingerprint density at radius 1 is 1.33 bits per heavy atom. The van der Waals surface area contributed by atoms with Gasteiger partial charge in [-0.1, -0.05) is 12.1 Å². The smallest absolute Gasteiger partial charge is 0.218 e. The monoisotopic (exact) mass is 243 g/mol. The maximum atomic E-state index is 10.6. The molecule has 0 unspecified atom stereocenters. The van der Waals surface area contributed by atoms with Crippen LogP contribution in [0.4, 0.5) is 0 Å². The number of hydrogen-bond donors (Lipinski definition) is 2. The minimum absolute atomic E-state index is 0.277. The number of aromatic nitrogens is 1. The third-order valence-corrected chi connectivity index (χ3v) is 2.77. The molecule has 1 amide bonds. The van der Waals surface area contributed by atoms with Gasteiger partial charge in [0.1, 0.15) is 0 Å². The first-order valence-corrected chi connectivity index (χ1v) is 6.00. The number of pyridine rings is 1. The fourth-order valence-electron chi connectivity index (χ4n) is 1.83. The van der Waals surface area contributed by atoms with Crippen molar-refractivity contribution in [2.75, 3.05) is 6.54 Å². The van der Waals surface area contributed by atoms with Crippen molar-refractivity contribution in [3.8, 4) is 0 Å². The standard InChI is InChI=1S/C14H17N3O/c1-10-2-4-12-8-11(3-5-13(12)17-10)9-16-7-6-14(15)18/h2-5,8,16H,6-7,9H2,1H3,(H2,15,18). The van der Waals surface area contributed by atoms with Crippen LogP contribution in [0.2, 0.25) is 0 Å². The van der Waals surface area contributed by atoms with Crippen LogP contribution in [0.25, 0.3) is 10.9 Å². The fourth-order valence-corrected chi connectivity index (χ4v) is 1.83. The summed E-state index contributed by atoms with van der Waals surface area (Å²) in [7, 11) is 0. The number of primary amides is 1. The predicted octanol–water partition coefficient (Wildman–Crippen LogP) is 1.51. The quantitative estimate of drug-likeness (QED) is 0.782. The van der Waals surface area contributed by atoms with E-state index in [4.69, 9.17) is 5.73 Å². The Morgan fingerprint density at radius 2 is 2.17 bits per heavy atom. The number of hydrogen-bond acceptors (Lipinski definition) is 3. The van der Waals surface area contributed by atoms with E-state index in [-0.39, 0.29) is 5.91 Å². The number of nitrogens with two attached hydrogens (primary N) is 1. The lowest BCUT2D eigenvalue weighted by molar-refractivity contribution is -0.117. The van der Waals surface area contributed by atoms with Crippen LogP contribution in [-0.2, 0) is 11.3 Å². The van der Waals surface area contributed by atoms with E-state index in [1.165, 1.54) is 5.56 Å². The first-order valence-electron chi connectivity index (χ1n) is 6.00. The summed E-state index contributed by atoms with van der Waals surface area (Å²) in [4.78, 5) is 15.0. The van der Waals surface area contributed by atoms with E-state index in [1.807, 2.05) is 25.1 Å². The van der Waals surface area contributed by atoms with Gasteiger partial charge in [-0.2, -0.15) is 0 Å². The molecule has 0 spiro atoms. The molecule has 0 aliphatic heterocycles. The molecule has 0 bridgehead atoms. The molecule has 0 radical (unpaired) electrons. The van der Waals surface area contributed by atoms with E-state index >= 15 is 0 Å². The van der Waals surface area contributed by atoms with Crippen molar-refractivity contribution in [3.63, 3.8) is 0 Å². The van der Waals surface area contributed by atoms with Crippen molar-refractivity contribution in [1.29, 1.82) is 0 Å². The zero-order valence-corrected chi connectivity index (χ0v) is 10.4. The van der Waals surface area contributed by atoms with Crippen LogP contribution in [0.1, 0.15) is 17.7 Å². The number of aryl methyl sites for hydroxylation is 1. The van der Waals surface area contributed by atoms with Gasteiger partial charge in [0, 0.05) is 30.6 Å². The van der Waals surface area contributed by atoms with Crippen LogP contribution in [-0.4, -0.2) is 17.4 Å². The summed E-state index contributed by atoms with van der Waals surface area (Å²) < 4.78 is 0. The number of fused-ring (bicyclic) bond motifs is 1. The highest BCUT2D eigenvalue weighted by Crippen LogP contribution is 2.14. The lowest BCUT2D eigenvalue weighted by Crippen LogP contribution is -2.21. The molecule has 2 rings (SSSR count). The molecule has 1 heterocycles. The van der Waals surface area contributed by atoms with Gasteiger partial charge in [0.2, 0.25) is 5.91 Å². The van der Waals surface area contributed by atoms with E-state index in [0.717, 1.165) is 23.1 Å². The van der Waals surface area contributed by atoms with E-state index in [1.54, 1.807) is 0 Å². The minimum Gasteiger partial charge on any atom is -0.370 e. The molecule has 0 aliphatic rings. The summed E-state index contributed by atoms with van der Waals surface area (Å²) in [5, 5.41) is 4.32. The Hall–Kier alpha value is -1.94. The Labute approximate surface area is 106 Å². The van der Waals surface area contributed by atoms with Crippen LogP contribution in [0.15, 0.2) is 30.3 Å². The van der Waals surface area contributed by atoms with E-state index in [9.17, 15) is 4.79 Å². The van der Waals surface area contributed by atoms with Gasteiger partial charge in [0.15, 0.2) is 0 Å². The van der Waals surface area contributed by atoms with Crippen molar-refractivity contribution in [2.24, 2.45) is 5.73 Å². The Morgan fingerprint density at radius 3 is 2.94 bits per heavy atom.